The monoisotopic (exact) mass is 410 g/mol. The molecule has 108 valence electrons. The molecule has 3 rings (SSSR count). The van der Waals surface area contributed by atoms with Crippen molar-refractivity contribution in [2.45, 2.75) is 13.3 Å². The number of aldehydes is 1. The number of carbonyl (C=O) groups excluding carboxylic acids is 1. The number of halogens is 2. The Morgan fingerprint density at radius 1 is 1.29 bits per heavy atom. The van der Waals surface area contributed by atoms with Gasteiger partial charge in [0.1, 0.15) is 6.29 Å². The number of carbonyl (C=O) groups is 1. The summed E-state index contributed by atoms with van der Waals surface area (Å²) in [5, 5.41) is 0. The van der Waals surface area contributed by atoms with Gasteiger partial charge in [0.2, 0.25) is 0 Å². The van der Waals surface area contributed by atoms with E-state index in [1.54, 1.807) is 6.20 Å². The third-order valence-electron chi connectivity index (χ3n) is 3.28. The number of pyridine rings is 1. The van der Waals surface area contributed by atoms with Gasteiger partial charge in [-0.1, -0.05) is 15.9 Å². The summed E-state index contributed by atoms with van der Waals surface area (Å²) in [5.41, 5.74) is 2.04. The lowest BCUT2D eigenvalue weighted by atomic mass is 10.1. The van der Waals surface area contributed by atoms with Gasteiger partial charge in [0.15, 0.2) is 17.3 Å². The lowest BCUT2D eigenvalue weighted by Crippen LogP contribution is -2.24. The van der Waals surface area contributed by atoms with Gasteiger partial charge in [-0.2, -0.15) is 0 Å². The van der Waals surface area contributed by atoms with E-state index in [1.807, 2.05) is 30.0 Å². The number of hydrogen-bond donors (Lipinski definition) is 0. The summed E-state index contributed by atoms with van der Waals surface area (Å²) in [6.07, 6.45) is 3.08. The molecular formula is C15H12Br2N2O2. The first-order valence-corrected chi connectivity index (χ1v) is 8.03. The number of aromatic nitrogens is 1. The number of rotatable bonds is 3. The molecule has 0 fully saturated rings. The third kappa shape index (κ3) is 2.70. The minimum Gasteiger partial charge on any atom is -0.451 e. The van der Waals surface area contributed by atoms with Gasteiger partial charge >= 0.3 is 0 Å². The normalized spacial score (nSPS) is 12.4. The predicted octanol–water partition coefficient (Wildman–Crippen LogP) is 4.75. The largest absolute Gasteiger partial charge is 0.451 e. The highest BCUT2D eigenvalue weighted by Gasteiger charge is 2.26. The van der Waals surface area contributed by atoms with Gasteiger partial charge in [-0.3, -0.25) is 0 Å². The molecule has 0 amide bonds. The van der Waals surface area contributed by atoms with Crippen LogP contribution in [0.15, 0.2) is 33.3 Å². The van der Waals surface area contributed by atoms with E-state index >= 15 is 0 Å². The van der Waals surface area contributed by atoms with Crippen molar-refractivity contribution in [1.82, 2.24) is 4.98 Å². The molecule has 0 atom stereocenters. The van der Waals surface area contributed by atoms with E-state index in [1.165, 1.54) is 0 Å². The van der Waals surface area contributed by atoms with Crippen molar-refractivity contribution < 1.29 is 9.53 Å². The molecule has 2 heterocycles. The maximum atomic E-state index is 10.8. The van der Waals surface area contributed by atoms with Gasteiger partial charge in [0.25, 0.3) is 0 Å². The maximum absolute atomic E-state index is 10.8. The topological polar surface area (TPSA) is 42.4 Å². The summed E-state index contributed by atoms with van der Waals surface area (Å²) >= 11 is 6.92. The Hall–Kier alpha value is -1.40. The standard InChI is InChI=1S/C15H12Br2N2O2/c1-9-5-12-13(7-11(9)17)21-14-6-10(16)8-18-15(14)19(12)3-2-4-20/h4-8H,2-3H2,1H3. The van der Waals surface area contributed by atoms with Crippen LogP contribution in [0.4, 0.5) is 11.5 Å². The van der Waals surface area contributed by atoms with Gasteiger partial charge in [-0.05, 0) is 40.5 Å². The van der Waals surface area contributed by atoms with Crippen molar-refractivity contribution >= 4 is 49.7 Å². The predicted molar refractivity (Wildman–Crippen MR) is 88.6 cm³/mol. The van der Waals surface area contributed by atoms with E-state index < -0.39 is 0 Å². The number of fused-ring (bicyclic) bond motifs is 2. The van der Waals surface area contributed by atoms with Gasteiger partial charge in [-0.25, -0.2) is 4.98 Å². The smallest absolute Gasteiger partial charge is 0.176 e. The SMILES string of the molecule is Cc1cc2c(cc1Br)Oc1cc(Br)cnc1N2CCC=O. The zero-order chi connectivity index (χ0) is 15.0. The first-order valence-electron chi connectivity index (χ1n) is 6.45. The number of nitrogens with zero attached hydrogens (tertiary/aromatic N) is 2. The molecule has 0 radical (unpaired) electrons. The van der Waals surface area contributed by atoms with Crippen molar-refractivity contribution in [3.63, 3.8) is 0 Å². The van der Waals surface area contributed by atoms with E-state index in [9.17, 15) is 4.79 Å². The van der Waals surface area contributed by atoms with Crippen LogP contribution in [-0.2, 0) is 4.79 Å². The molecule has 1 aromatic heterocycles. The van der Waals surface area contributed by atoms with Crippen LogP contribution in [0, 0.1) is 6.92 Å². The molecule has 4 nitrogen and oxygen atoms in total. The molecular weight excluding hydrogens is 400 g/mol. The van der Waals surface area contributed by atoms with Gasteiger partial charge in [0.05, 0.1) is 5.69 Å². The maximum Gasteiger partial charge on any atom is 0.176 e. The van der Waals surface area contributed by atoms with Crippen molar-refractivity contribution in [3.8, 4) is 11.5 Å². The Balaban J connectivity index is 2.14. The van der Waals surface area contributed by atoms with E-state index in [4.69, 9.17) is 4.74 Å². The molecule has 0 bridgehead atoms. The molecule has 0 saturated heterocycles. The van der Waals surface area contributed by atoms with Gasteiger partial charge < -0.3 is 14.4 Å². The number of aryl methyl sites for hydroxylation is 1. The van der Waals surface area contributed by atoms with Crippen LogP contribution in [0.5, 0.6) is 11.5 Å². The molecule has 1 aliphatic rings. The Morgan fingerprint density at radius 3 is 2.86 bits per heavy atom. The zero-order valence-electron chi connectivity index (χ0n) is 11.3. The van der Waals surface area contributed by atoms with E-state index in [-0.39, 0.29) is 0 Å². The van der Waals surface area contributed by atoms with Crippen LogP contribution in [0.1, 0.15) is 12.0 Å². The average molecular weight is 412 g/mol. The second kappa shape index (κ2) is 5.77. The molecule has 1 aromatic carbocycles. The quantitative estimate of drug-likeness (QED) is 0.683. The van der Waals surface area contributed by atoms with Crippen LogP contribution in [-0.4, -0.2) is 17.8 Å². The summed E-state index contributed by atoms with van der Waals surface area (Å²) in [4.78, 5) is 17.2. The summed E-state index contributed by atoms with van der Waals surface area (Å²) < 4.78 is 7.79. The highest BCUT2D eigenvalue weighted by Crippen LogP contribution is 2.47. The van der Waals surface area contributed by atoms with Crippen molar-refractivity contribution in [3.05, 3.63) is 38.9 Å². The minimum absolute atomic E-state index is 0.436. The highest BCUT2D eigenvalue weighted by molar-refractivity contribution is 9.10. The fourth-order valence-corrected chi connectivity index (χ4v) is 2.91. The van der Waals surface area contributed by atoms with E-state index in [0.29, 0.717) is 18.7 Å². The molecule has 0 aliphatic carbocycles. The fourth-order valence-electron chi connectivity index (χ4n) is 2.27. The third-order valence-corrected chi connectivity index (χ3v) is 4.56. The van der Waals surface area contributed by atoms with Crippen molar-refractivity contribution in [1.29, 1.82) is 0 Å². The summed E-state index contributed by atoms with van der Waals surface area (Å²) in [5.74, 6) is 2.17. The lowest BCUT2D eigenvalue weighted by molar-refractivity contribution is -0.107. The Morgan fingerprint density at radius 2 is 2.10 bits per heavy atom. The summed E-state index contributed by atoms with van der Waals surface area (Å²) in [6, 6.07) is 5.87. The molecule has 0 saturated carbocycles. The zero-order valence-corrected chi connectivity index (χ0v) is 14.4. The molecule has 1 aliphatic heterocycles. The Kier molecular flexibility index (Phi) is 3.99. The van der Waals surface area contributed by atoms with Crippen LogP contribution < -0.4 is 9.64 Å². The Bertz CT molecular complexity index is 719. The molecule has 0 N–H and O–H groups in total. The van der Waals surface area contributed by atoms with Crippen LogP contribution in [0.2, 0.25) is 0 Å². The van der Waals surface area contributed by atoms with Crippen LogP contribution in [0.3, 0.4) is 0 Å². The summed E-state index contributed by atoms with van der Waals surface area (Å²) in [6.45, 7) is 2.59. The number of hydrogen-bond acceptors (Lipinski definition) is 4. The van der Waals surface area contributed by atoms with Crippen LogP contribution >= 0.6 is 31.9 Å². The highest BCUT2D eigenvalue weighted by atomic mass is 79.9. The minimum atomic E-state index is 0.436. The average Bonchev–Trinajstić information content (AvgIpc) is 2.45. The first kappa shape index (κ1) is 14.5. The van der Waals surface area contributed by atoms with E-state index in [0.717, 1.165) is 38.0 Å². The molecule has 21 heavy (non-hydrogen) atoms. The second-order valence-corrected chi connectivity index (χ2v) is 6.52. The van der Waals surface area contributed by atoms with E-state index in [2.05, 4.69) is 36.8 Å². The Labute approximate surface area is 139 Å². The van der Waals surface area contributed by atoms with Gasteiger partial charge in [0, 0.05) is 34.2 Å². The fraction of sp³-hybridized carbons (Fsp3) is 0.200. The number of benzene rings is 1. The second-order valence-electron chi connectivity index (χ2n) is 4.75. The van der Waals surface area contributed by atoms with Crippen molar-refractivity contribution in [2.24, 2.45) is 0 Å². The molecule has 0 spiro atoms. The molecule has 6 heteroatoms. The van der Waals surface area contributed by atoms with Crippen LogP contribution in [0.25, 0.3) is 0 Å². The molecule has 0 unspecified atom stereocenters. The summed E-state index contributed by atoms with van der Waals surface area (Å²) in [7, 11) is 0. The van der Waals surface area contributed by atoms with Gasteiger partial charge in [-0.15, -0.1) is 0 Å². The number of ether oxygens (including phenoxy) is 1. The lowest BCUT2D eigenvalue weighted by Gasteiger charge is -2.31. The van der Waals surface area contributed by atoms with Crippen molar-refractivity contribution in [2.75, 3.05) is 11.4 Å². The first-order chi connectivity index (χ1) is 10.1. The molecule has 2 aromatic rings. The number of anilines is 2.